The summed E-state index contributed by atoms with van der Waals surface area (Å²) in [5.41, 5.74) is 1.95. The van der Waals surface area contributed by atoms with E-state index in [0.717, 1.165) is 26.3 Å². The van der Waals surface area contributed by atoms with Gasteiger partial charge in [0.05, 0.1) is 7.11 Å². The molecule has 0 radical (unpaired) electrons. The average Bonchev–Trinajstić information content (AvgIpc) is 3.10. The summed E-state index contributed by atoms with van der Waals surface area (Å²) in [5, 5.41) is 1.58. The molecule has 0 amide bonds. The van der Waals surface area contributed by atoms with E-state index in [0.29, 0.717) is 16.4 Å². The molecule has 4 aromatic rings. The number of hydrogen-bond donors (Lipinski definition) is 0. The lowest BCUT2D eigenvalue weighted by Crippen LogP contribution is -1.97. The zero-order chi connectivity index (χ0) is 17.4. The highest BCUT2D eigenvalue weighted by Gasteiger charge is 2.13. The van der Waals surface area contributed by atoms with Crippen molar-refractivity contribution in [2.24, 2.45) is 0 Å². The Morgan fingerprint density at radius 3 is 2.48 bits per heavy atom. The van der Waals surface area contributed by atoms with E-state index in [1.807, 2.05) is 48.5 Å². The first-order valence-corrected chi connectivity index (χ1v) is 8.82. The van der Waals surface area contributed by atoms with E-state index in [4.69, 9.17) is 20.8 Å². The monoisotopic (exact) mass is 368 g/mol. The molecule has 0 atom stereocenters. The van der Waals surface area contributed by atoms with Crippen LogP contribution in [0.3, 0.4) is 0 Å². The van der Waals surface area contributed by atoms with Crippen molar-refractivity contribution in [1.29, 1.82) is 0 Å². The molecule has 0 saturated carbocycles. The van der Waals surface area contributed by atoms with Crippen LogP contribution in [0.2, 0.25) is 5.02 Å². The molecular weight excluding hydrogens is 356 g/mol. The van der Waals surface area contributed by atoms with Gasteiger partial charge in [0.25, 0.3) is 0 Å². The maximum absolute atomic E-state index is 12.0. The Kier molecular flexibility index (Phi) is 4.07. The first kappa shape index (κ1) is 15.9. The van der Waals surface area contributed by atoms with Gasteiger partial charge >= 0.3 is 5.63 Å². The first-order chi connectivity index (χ1) is 12.2. The van der Waals surface area contributed by atoms with Gasteiger partial charge in [0.2, 0.25) is 0 Å². The Balaban J connectivity index is 1.88. The summed E-state index contributed by atoms with van der Waals surface area (Å²) in [6.07, 6.45) is 0. The fourth-order valence-corrected chi connectivity index (χ4v) is 4.13. The highest BCUT2D eigenvalue weighted by Crippen LogP contribution is 2.39. The predicted octanol–water partition coefficient (Wildman–Crippen LogP) is 5.85. The Bertz CT molecular complexity index is 1130. The van der Waals surface area contributed by atoms with Crippen LogP contribution in [0.15, 0.2) is 69.9 Å². The van der Waals surface area contributed by atoms with Crippen molar-refractivity contribution >= 4 is 33.9 Å². The number of ether oxygens (including phenoxy) is 1. The van der Waals surface area contributed by atoms with Crippen molar-refractivity contribution in [3.8, 4) is 26.6 Å². The molecule has 0 fully saturated rings. The molecule has 0 N–H and O–H groups in total. The van der Waals surface area contributed by atoms with Gasteiger partial charge < -0.3 is 9.15 Å². The summed E-state index contributed by atoms with van der Waals surface area (Å²) < 4.78 is 10.5. The smallest absolute Gasteiger partial charge is 0.336 e. The lowest BCUT2D eigenvalue weighted by molar-refractivity contribution is 0.414. The topological polar surface area (TPSA) is 39.4 Å². The molecule has 3 nitrogen and oxygen atoms in total. The number of rotatable bonds is 3. The van der Waals surface area contributed by atoms with Gasteiger partial charge in [0, 0.05) is 43.4 Å². The summed E-state index contributed by atoms with van der Waals surface area (Å²) in [7, 11) is 1.58. The Morgan fingerprint density at radius 1 is 0.960 bits per heavy atom. The van der Waals surface area contributed by atoms with Crippen LogP contribution in [0.25, 0.3) is 31.9 Å². The molecule has 2 aromatic heterocycles. The molecular formula is C20H13ClO3S. The molecule has 0 aliphatic rings. The van der Waals surface area contributed by atoms with E-state index >= 15 is 0 Å². The van der Waals surface area contributed by atoms with Crippen LogP contribution in [-0.2, 0) is 0 Å². The van der Waals surface area contributed by atoms with Crippen molar-refractivity contribution in [2.45, 2.75) is 0 Å². The third-order valence-electron chi connectivity index (χ3n) is 3.96. The second-order valence-electron chi connectivity index (χ2n) is 5.48. The van der Waals surface area contributed by atoms with Crippen molar-refractivity contribution in [1.82, 2.24) is 0 Å². The van der Waals surface area contributed by atoms with Crippen molar-refractivity contribution in [3.63, 3.8) is 0 Å². The van der Waals surface area contributed by atoms with E-state index in [2.05, 4.69) is 0 Å². The first-order valence-electron chi connectivity index (χ1n) is 7.63. The minimum absolute atomic E-state index is 0.386. The Hall–Kier alpha value is -2.56. The van der Waals surface area contributed by atoms with Gasteiger partial charge in [0.1, 0.15) is 11.3 Å². The van der Waals surface area contributed by atoms with Crippen LogP contribution in [0, 0.1) is 0 Å². The van der Waals surface area contributed by atoms with E-state index in [9.17, 15) is 4.79 Å². The number of halogens is 1. The molecule has 2 aromatic carbocycles. The molecule has 0 bridgehead atoms. The Morgan fingerprint density at radius 2 is 1.72 bits per heavy atom. The number of thiophene rings is 1. The number of methoxy groups -OCH3 is 1. The molecule has 5 heteroatoms. The van der Waals surface area contributed by atoms with E-state index in [1.165, 1.54) is 6.07 Å². The lowest BCUT2D eigenvalue weighted by atomic mass is 10.1. The third kappa shape index (κ3) is 2.95. The molecule has 0 unspecified atom stereocenters. The number of benzene rings is 2. The molecule has 4 rings (SSSR count). The maximum atomic E-state index is 12.0. The van der Waals surface area contributed by atoms with Gasteiger partial charge in [-0.2, -0.15) is 0 Å². The fourth-order valence-electron chi connectivity index (χ4n) is 2.76. The SMILES string of the molecule is COc1ccc2c(-c3ccc(-c4ccccc4Cl)s3)cc(=O)oc2c1. The van der Waals surface area contributed by atoms with Gasteiger partial charge in [-0.3, -0.25) is 0 Å². The molecule has 0 aliphatic carbocycles. The number of fused-ring (bicyclic) bond motifs is 1. The number of hydrogen-bond acceptors (Lipinski definition) is 4. The van der Waals surface area contributed by atoms with Gasteiger partial charge in [-0.1, -0.05) is 29.8 Å². The highest BCUT2D eigenvalue weighted by molar-refractivity contribution is 7.19. The van der Waals surface area contributed by atoms with E-state index in [-0.39, 0.29) is 5.63 Å². The minimum Gasteiger partial charge on any atom is -0.497 e. The molecule has 2 heterocycles. The zero-order valence-electron chi connectivity index (χ0n) is 13.3. The van der Waals surface area contributed by atoms with Crippen molar-refractivity contribution in [2.75, 3.05) is 7.11 Å². The van der Waals surface area contributed by atoms with Crippen molar-refractivity contribution < 1.29 is 9.15 Å². The zero-order valence-corrected chi connectivity index (χ0v) is 14.9. The van der Waals surface area contributed by atoms with Crippen molar-refractivity contribution in [3.05, 3.63) is 76.1 Å². The predicted molar refractivity (Wildman–Crippen MR) is 103 cm³/mol. The summed E-state index contributed by atoms with van der Waals surface area (Å²) >= 11 is 7.89. The van der Waals surface area contributed by atoms with E-state index in [1.54, 1.807) is 24.5 Å². The molecule has 0 spiro atoms. The van der Waals surface area contributed by atoms with Crippen LogP contribution in [-0.4, -0.2) is 7.11 Å². The van der Waals surface area contributed by atoms with E-state index < -0.39 is 0 Å². The molecule has 0 saturated heterocycles. The molecule has 124 valence electrons. The van der Waals surface area contributed by atoms with Gasteiger partial charge in [0.15, 0.2) is 0 Å². The van der Waals surface area contributed by atoms with Crippen LogP contribution < -0.4 is 10.4 Å². The Labute approximate surface area is 153 Å². The van der Waals surface area contributed by atoms with Crippen LogP contribution in [0.5, 0.6) is 5.75 Å². The van der Waals surface area contributed by atoms with Gasteiger partial charge in [-0.15, -0.1) is 11.3 Å². The normalized spacial score (nSPS) is 11.0. The second-order valence-corrected chi connectivity index (χ2v) is 6.98. The summed E-state index contributed by atoms with van der Waals surface area (Å²) in [6, 6.07) is 18.8. The summed E-state index contributed by atoms with van der Waals surface area (Å²) in [6.45, 7) is 0. The molecule has 25 heavy (non-hydrogen) atoms. The molecule has 0 aliphatic heterocycles. The largest absolute Gasteiger partial charge is 0.497 e. The summed E-state index contributed by atoms with van der Waals surface area (Å²) in [4.78, 5) is 14.0. The van der Waals surface area contributed by atoms with Gasteiger partial charge in [-0.25, -0.2) is 4.79 Å². The standard InChI is InChI=1S/C20H13ClO3S/c1-23-12-6-7-13-15(11-20(22)24-17(13)10-12)19-9-8-18(25-19)14-4-2-3-5-16(14)21/h2-11H,1H3. The van der Waals surface area contributed by atoms with Crippen LogP contribution in [0.1, 0.15) is 0 Å². The van der Waals surface area contributed by atoms with Crippen LogP contribution >= 0.6 is 22.9 Å². The minimum atomic E-state index is -0.386. The quantitative estimate of drug-likeness (QED) is 0.426. The van der Waals surface area contributed by atoms with Gasteiger partial charge in [-0.05, 0) is 30.3 Å². The second kappa shape index (κ2) is 6.39. The maximum Gasteiger partial charge on any atom is 0.336 e. The third-order valence-corrected chi connectivity index (χ3v) is 5.44. The highest BCUT2D eigenvalue weighted by atomic mass is 35.5. The summed E-state index contributed by atoms with van der Waals surface area (Å²) in [5.74, 6) is 0.649. The fraction of sp³-hybridized carbons (Fsp3) is 0.0500. The average molecular weight is 369 g/mol. The van der Waals surface area contributed by atoms with Crippen LogP contribution in [0.4, 0.5) is 0 Å². The lowest BCUT2D eigenvalue weighted by Gasteiger charge is -2.05.